The zero-order chi connectivity index (χ0) is 24.0. The number of carbonyl (C=O) groups is 1. The number of fused-ring (bicyclic) bond motifs is 1. The van der Waals surface area contributed by atoms with Gasteiger partial charge in [-0.2, -0.15) is 0 Å². The van der Waals surface area contributed by atoms with Gasteiger partial charge in [-0.1, -0.05) is 12.1 Å². The molecule has 2 aromatic rings. The lowest BCUT2D eigenvalue weighted by atomic mass is 9.92. The zero-order valence-electron chi connectivity index (χ0n) is 20.6. The molecule has 0 spiro atoms. The van der Waals surface area contributed by atoms with Gasteiger partial charge in [0.05, 0.1) is 13.2 Å². The van der Waals surface area contributed by atoms with Crippen LogP contribution in [0.25, 0.3) is 5.57 Å². The topological polar surface area (TPSA) is 65.0 Å². The molecule has 0 aromatic heterocycles. The van der Waals surface area contributed by atoms with E-state index in [4.69, 9.17) is 4.74 Å². The number of nitrogens with zero attached hydrogens (tertiary/aromatic N) is 2. The molecule has 1 atom stereocenters. The number of nitrogens with one attached hydrogen (secondary N) is 1. The number of Topliss-reactive ketones (excluding diaryl/α,β-unsaturated/α-hetero) is 1. The minimum Gasteiger partial charge on any atom is -0.379 e. The Labute approximate surface area is 207 Å². The molecule has 35 heavy (non-hydrogen) atoms. The Bertz CT molecular complexity index is 1160. The number of aliphatic hydroxyl groups is 1. The fraction of sp³-hybridized carbons (Fsp3) is 0.483. The van der Waals surface area contributed by atoms with Crippen LogP contribution >= 0.6 is 0 Å². The third-order valence-corrected chi connectivity index (χ3v) is 8.21. The number of anilines is 2. The normalized spacial score (nSPS) is 23.4. The summed E-state index contributed by atoms with van der Waals surface area (Å²) in [6.45, 7) is 7.54. The molecule has 2 saturated heterocycles. The van der Waals surface area contributed by atoms with E-state index in [1.807, 2.05) is 25.1 Å². The van der Waals surface area contributed by atoms with Gasteiger partial charge in [-0.25, -0.2) is 0 Å². The molecule has 0 radical (unpaired) electrons. The molecule has 6 rings (SSSR count). The summed E-state index contributed by atoms with van der Waals surface area (Å²) in [5.74, 6) is 0.178. The average Bonchev–Trinajstić information content (AvgIpc) is 3.51. The van der Waals surface area contributed by atoms with E-state index in [0.29, 0.717) is 6.42 Å². The van der Waals surface area contributed by atoms with Gasteiger partial charge in [0.2, 0.25) is 0 Å². The number of rotatable bonds is 6. The predicted octanol–water partition coefficient (Wildman–Crippen LogP) is 4.18. The number of allylic oxidation sites excluding steroid dienone is 1. The summed E-state index contributed by atoms with van der Waals surface area (Å²) in [6.07, 6.45) is 6.19. The Morgan fingerprint density at radius 2 is 1.86 bits per heavy atom. The molecule has 3 fully saturated rings. The maximum absolute atomic E-state index is 13.8. The fourth-order valence-electron chi connectivity index (χ4n) is 6.14. The summed E-state index contributed by atoms with van der Waals surface area (Å²) in [5.41, 5.74) is 7.31. The van der Waals surface area contributed by atoms with Crippen molar-refractivity contribution < 1.29 is 14.6 Å². The Morgan fingerprint density at radius 1 is 1.09 bits per heavy atom. The smallest absolute Gasteiger partial charge is 0.169 e. The molecule has 2 aromatic carbocycles. The number of aliphatic hydroxyl groups excluding tert-OH is 1. The van der Waals surface area contributed by atoms with Crippen molar-refractivity contribution in [3.8, 4) is 0 Å². The van der Waals surface area contributed by atoms with E-state index >= 15 is 0 Å². The molecule has 1 aliphatic carbocycles. The third kappa shape index (κ3) is 4.28. The highest BCUT2D eigenvalue weighted by Crippen LogP contribution is 2.52. The maximum Gasteiger partial charge on any atom is 0.169 e. The summed E-state index contributed by atoms with van der Waals surface area (Å²) < 4.78 is 5.60. The van der Waals surface area contributed by atoms with Crippen LogP contribution in [0.2, 0.25) is 0 Å². The van der Waals surface area contributed by atoms with E-state index in [1.165, 1.54) is 18.4 Å². The van der Waals surface area contributed by atoms with Crippen molar-refractivity contribution in [3.05, 3.63) is 64.7 Å². The quantitative estimate of drug-likeness (QED) is 0.614. The Balaban J connectivity index is 1.32. The lowest BCUT2D eigenvalue weighted by Gasteiger charge is -2.35. The SMILES string of the molecule is CC1=CC(O)Nc2ccc(CC(=O)c3cc(C4(N5CCOCC5)CC4)ccc3N3CCCC3)cc21. The van der Waals surface area contributed by atoms with Crippen molar-refractivity contribution in [1.82, 2.24) is 4.90 Å². The van der Waals surface area contributed by atoms with Gasteiger partial charge in [0.1, 0.15) is 6.23 Å². The standard InChI is InChI=1S/C29H35N3O3/c1-20-16-28(34)30-25-6-4-21(17-23(20)25)18-27(33)24-19-22(5-7-26(24)31-10-2-3-11-31)29(8-9-29)32-12-14-35-15-13-32/h4-7,16-17,19,28,30,34H,2-3,8-15,18H2,1H3. The van der Waals surface area contributed by atoms with Crippen LogP contribution in [0, 0.1) is 0 Å². The second kappa shape index (κ2) is 9.08. The third-order valence-electron chi connectivity index (χ3n) is 8.21. The number of ether oxygens (including phenoxy) is 1. The molecule has 3 heterocycles. The largest absolute Gasteiger partial charge is 0.379 e. The summed E-state index contributed by atoms with van der Waals surface area (Å²) in [7, 11) is 0. The molecular formula is C29H35N3O3. The van der Waals surface area contributed by atoms with Crippen LogP contribution in [-0.4, -0.2) is 61.4 Å². The first-order valence-electron chi connectivity index (χ1n) is 13.1. The van der Waals surface area contributed by atoms with E-state index in [9.17, 15) is 9.90 Å². The Hall–Kier alpha value is -2.67. The molecule has 0 amide bonds. The highest BCUT2D eigenvalue weighted by molar-refractivity contribution is 6.03. The molecule has 4 aliphatic rings. The minimum atomic E-state index is -0.665. The van der Waals surface area contributed by atoms with Crippen molar-refractivity contribution in [1.29, 1.82) is 0 Å². The van der Waals surface area contributed by atoms with Crippen molar-refractivity contribution in [2.45, 2.75) is 50.8 Å². The van der Waals surface area contributed by atoms with Crippen LogP contribution < -0.4 is 10.2 Å². The van der Waals surface area contributed by atoms with E-state index in [1.54, 1.807) is 0 Å². The second-order valence-corrected chi connectivity index (χ2v) is 10.5. The van der Waals surface area contributed by atoms with Crippen LogP contribution in [0.3, 0.4) is 0 Å². The monoisotopic (exact) mass is 473 g/mol. The molecule has 6 nitrogen and oxygen atoms in total. The van der Waals surface area contributed by atoms with Crippen molar-refractivity contribution >= 4 is 22.7 Å². The van der Waals surface area contributed by atoms with Gasteiger partial charge in [-0.05, 0) is 79.6 Å². The maximum atomic E-state index is 13.8. The molecule has 1 unspecified atom stereocenters. The van der Waals surface area contributed by atoms with Crippen LogP contribution in [0.4, 0.5) is 11.4 Å². The highest BCUT2D eigenvalue weighted by atomic mass is 16.5. The number of carbonyl (C=O) groups excluding carboxylic acids is 1. The van der Waals surface area contributed by atoms with Crippen LogP contribution in [0.1, 0.15) is 59.7 Å². The minimum absolute atomic E-state index is 0.0720. The lowest BCUT2D eigenvalue weighted by Crippen LogP contribution is -2.43. The summed E-state index contributed by atoms with van der Waals surface area (Å²) in [4.78, 5) is 18.8. The Morgan fingerprint density at radius 3 is 2.60 bits per heavy atom. The molecular weight excluding hydrogens is 438 g/mol. The van der Waals surface area contributed by atoms with Crippen LogP contribution in [0.15, 0.2) is 42.5 Å². The zero-order valence-corrected chi connectivity index (χ0v) is 20.6. The molecule has 6 heteroatoms. The number of benzene rings is 2. The fourth-order valence-corrected chi connectivity index (χ4v) is 6.14. The average molecular weight is 474 g/mol. The molecule has 3 aliphatic heterocycles. The van der Waals surface area contributed by atoms with Gasteiger partial charge < -0.3 is 20.1 Å². The predicted molar refractivity (Wildman–Crippen MR) is 139 cm³/mol. The second-order valence-electron chi connectivity index (χ2n) is 10.5. The van der Waals surface area contributed by atoms with Gasteiger partial charge in [-0.15, -0.1) is 0 Å². The number of hydrogen-bond acceptors (Lipinski definition) is 6. The van der Waals surface area contributed by atoms with Gasteiger partial charge in [0, 0.05) is 60.6 Å². The Kier molecular flexibility index (Phi) is 5.91. The highest BCUT2D eigenvalue weighted by Gasteiger charge is 2.49. The van der Waals surface area contributed by atoms with E-state index in [0.717, 1.165) is 85.9 Å². The van der Waals surface area contributed by atoms with Crippen LogP contribution in [0.5, 0.6) is 0 Å². The van der Waals surface area contributed by atoms with E-state index in [2.05, 4.69) is 39.4 Å². The summed E-state index contributed by atoms with van der Waals surface area (Å²) >= 11 is 0. The van der Waals surface area contributed by atoms with Crippen molar-refractivity contribution in [2.75, 3.05) is 49.6 Å². The first kappa shape index (κ1) is 22.8. The summed E-state index contributed by atoms with van der Waals surface area (Å²) in [5, 5.41) is 13.0. The van der Waals surface area contributed by atoms with Crippen molar-refractivity contribution in [3.63, 3.8) is 0 Å². The first-order valence-corrected chi connectivity index (χ1v) is 13.1. The summed E-state index contributed by atoms with van der Waals surface area (Å²) in [6, 6.07) is 12.8. The van der Waals surface area contributed by atoms with E-state index < -0.39 is 6.23 Å². The van der Waals surface area contributed by atoms with Crippen molar-refractivity contribution in [2.24, 2.45) is 0 Å². The molecule has 1 saturated carbocycles. The molecule has 0 bridgehead atoms. The number of hydrogen-bond donors (Lipinski definition) is 2. The van der Waals surface area contributed by atoms with Gasteiger partial charge in [0.15, 0.2) is 5.78 Å². The number of morpholine rings is 1. The van der Waals surface area contributed by atoms with Gasteiger partial charge in [0.25, 0.3) is 0 Å². The van der Waals surface area contributed by atoms with Crippen LogP contribution in [-0.2, 0) is 16.7 Å². The molecule has 184 valence electrons. The molecule has 2 N–H and O–H groups in total. The lowest BCUT2D eigenvalue weighted by molar-refractivity contribution is 0.00834. The number of ketones is 1. The van der Waals surface area contributed by atoms with E-state index in [-0.39, 0.29) is 11.3 Å². The van der Waals surface area contributed by atoms with Gasteiger partial charge >= 0.3 is 0 Å². The first-order chi connectivity index (χ1) is 17.0. The van der Waals surface area contributed by atoms with Gasteiger partial charge in [-0.3, -0.25) is 9.69 Å².